The molecule has 2 amide bonds. The average molecular weight is 458 g/mol. The molecule has 2 aromatic rings. The molecule has 0 bridgehead atoms. The largest absolute Gasteiger partial charge is 0.494 e. The van der Waals surface area contributed by atoms with Crippen LogP contribution in [0.15, 0.2) is 48.5 Å². The first-order chi connectivity index (χ1) is 15.5. The molecule has 4 N–H and O–H groups in total. The van der Waals surface area contributed by atoms with E-state index in [1.165, 1.54) is 12.8 Å². The van der Waals surface area contributed by atoms with Crippen molar-refractivity contribution in [2.75, 3.05) is 25.1 Å². The van der Waals surface area contributed by atoms with Gasteiger partial charge in [0.15, 0.2) is 5.11 Å². The second-order valence-corrected chi connectivity index (χ2v) is 7.63. The van der Waals surface area contributed by atoms with Crippen molar-refractivity contribution in [2.45, 2.75) is 39.0 Å². The van der Waals surface area contributed by atoms with Crippen LogP contribution in [0.5, 0.6) is 5.75 Å². The van der Waals surface area contributed by atoms with Crippen LogP contribution in [0.3, 0.4) is 0 Å². The summed E-state index contributed by atoms with van der Waals surface area (Å²) in [6, 6.07) is 13.7. The average Bonchev–Trinajstić information content (AvgIpc) is 2.79. The van der Waals surface area contributed by atoms with Crippen LogP contribution in [0.2, 0.25) is 0 Å². The topological polar surface area (TPSA) is 99.7 Å². The summed E-state index contributed by atoms with van der Waals surface area (Å²) in [7, 11) is 0. The molecule has 8 heteroatoms. The molecule has 0 aliphatic rings. The number of carbonyl (C=O) groups excluding carboxylic acids is 2. The number of hydrogen-bond donors (Lipinski definition) is 4. The fourth-order valence-corrected chi connectivity index (χ4v) is 3.12. The van der Waals surface area contributed by atoms with Gasteiger partial charge in [0.25, 0.3) is 11.8 Å². The smallest absolute Gasteiger partial charge is 0.257 e. The van der Waals surface area contributed by atoms with Crippen LogP contribution in [0.4, 0.5) is 5.69 Å². The minimum atomic E-state index is -0.359. The molecule has 0 heterocycles. The van der Waals surface area contributed by atoms with Crippen molar-refractivity contribution in [3.05, 3.63) is 59.7 Å². The lowest BCUT2D eigenvalue weighted by Gasteiger charge is -2.13. The molecule has 0 aliphatic carbocycles. The van der Waals surface area contributed by atoms with Gasteiger partial charge in [0.2, 0.25) is 0 Å². The normalized spacial score (nSPS) is 10.3. The van der Waals surface area contributed by atoms with Crippen molar-refractivity contribution >= 4 is 34.8 Å². The van der Waals surface area contributed by atoms with Gasteiger partial charge in [-0.2, -0.15) is 0 Å². The molecule has 32 heavy (non-hydrogen) atoms. The Balaban J connectivity index is 1.88. The first-order valence-electron chi connectivity index (χ1n) is 10.9. The van der Waals surface area contributed by atoms with Crippen LogP contribution in [0.1, 0.15) is 59.7 Å². The van der Waals surface area contributed by atoms with E-state index in [4.69, 9.17) is 22.1 Å². The van der Waals surface area contributed by atoms with Crippen LogP contribution in [0.25, 0.3) is 0 Å². The molecule has 0 saturated heterocycles. The van der Waals surface area contributed by atoms with E-state index in [1.54, 1.807) is 48.5 Å². The third kappa shape index (κ3) is 8.64. The van der Waals surface area contributed by atoms with E-state index in [9.17, 15) is 9.59 Å². The standard InChI is InChI=1S/C24H31N3O4S/c1-2-3-4-7-17-31-19-13-11-18(12-14-19)22(29)27-24(32)26-21-10-6-5-9-20(21)23(30)25-15-8-16-28/h5-6,9-14,28H,2-4,7-8,15-17H2,1H3,(H,25,30)(H2,26,27,29,32). The molecule has 7 nitrogen and oxygen atoms in total. The molecular formula is C24H31N3O4S. The van der Waals surface area contributed by atoms with Crippen LogP contribution in [0, 0.1) is 0 Å². The highest BCUT2D eigenvalue weighted by molar-refractivity contribution is 7.80. The summed E-state index contributed by atoms with van der Waals surface area (Å²) in [6.07, 6.45) is 5.02. The Morgan fingerprint density at radius 1 is 0.969 bits per heavy atom. The van der Waals surface area contributed by atoms with Crippen molar-refractivity contribution in [3.63, 3.8) is 0 Å². The number of para-hydroxylation sites is 1. The lowest BCUT2D eigenvalue weighted by molar-refractivity contribution is 0.0950. The number of benzene rings is 2. The van der Waals surface area contributed by atoms with Crippen molar-refractivity contribution in [3.8, 4) is 5.75 Å². The number of thiocarbonyl (C=S) groups is 1. The quantitative estimate of drug-likeness (QED) is 0.285. The Bertz CT molecular complexity index is 887. The minimum Gasteiger partial charge on any atom is -0.494 e. The number of aliphatic hydroxyl groups excluding tert-OH is 1. The van der Waals surface area contributed by atoms with E-state index in [0.717, 1.165) is 18.6 Å². The Labute approximate surface area is 194 Å². The van der Waals surface area contributed by atoms with E-state index in [-0.39, 0.29) is 23.5 Å². The zero-order valence-electron chi connectivity index (χ0n) is 18.4. The van der Waals surface area contributed by atoms with E-state index < -0.39 is 0 Å². The zero-order valence-corrected chi connectivity index (χ0v) is 19.2. The monoisotopic (exact) mass is 457 g/mol. The number of unbranched alkanes of at least 4 members (excludes halogenated alkanes) is 3. The number of rotatable bonds is 12. The Morgan fingerprint density at radius 3 is 2.44 bits per heavy atom. The third-order valence-corrected chi connectivity index (χ3v) is 4.85. The fourth-order valence-electron chi connectivity index (χ4n) is 2.92. The highest BCUT2D eigenvalue weighted by Crippen LogP contribution is 2.16. The maximum atomic E-state index is 12.5. The number of aliphatic hydroxyl groups is 1. The molecule has 0 radical (unpaired) electrons. The van der Waals surface area contributed by atoms with E-state index in [2.05, 4.69) is 22.9 Å². The fraction of sp³-hybridized carbons (Fsp3) is 0.375. The summed E-state index contributed by atoms with van der Waals surface area (Å²) in [5, 5.41) is 17.2. The number of hydrogen-bond acceptors (Lipinski definition) is 5. The number of anilines is 1. The molecule has 2 rings (SSSR count). The molecule has 0 saturated carbocycles. The molecule has 0 aromatic heterocycles. The lowest BCUT2D eigenvalue weighted by atomic mass is 10.1. The summed E-state index contributed by atoms with van der Waals surface area (Å²) in [6.45, 7) is 3.19. The molecule has 0 spiro atoms. The van der Waals surface area contributed by atoms with Gasteiger partial charge in [-0.15, -0.1) is 0 Å². The molecule has 172 valence electrons. The van der Waals surface area contributed by atoms with Crippen LogP contribution >= 0.6 is 12.2 Å². The van der Waals surface area contributed by atoms with Gasteiger partial charge in [0, 0.05) is 18.7 Å². The Morgan fingerprint density at radius 2 is 1.72 bits per heavy atom. The van der Waals surface area contributed by atoms with Crippen molar-refractivity contribution < 1.29 is 19.4 Å². The van der Waals surface area contributed by atoms with Crippen LogP contribution in [-0.2, 0) is 0 Å². The maximum Gasteiger partial charge on any atom is 0.257 e. The second-order valence-electron chi connectivity index (χ2n) is 7.22. The van der Waals surface area contributed by atoms with Gasteiger partial charge in [-0.25, -0.2) is 0 Å². The SMILES string of the molecule is CCCCCCOc1ccc(C(=O)NC(=S)Nc2ccccc2C(=O)NCCCO)cc1. The van der Waals surface area contributed by atoms with Crippen LogP contribution < -0.4 is 20.7 Å². The van der Waals surface area contributed by atoms with Gasteiger partial charge in [-0.3, -0.25) is 14.9 Å². The Kier molecular flexibility index (Phi) is 11.2. The van der Waals surface area contributed by atoms with Gasteiger partial charge in [0.05, 0.1) is 17.9 Å². The van der Waals surface area contributed by atoms with E-state index >= 15 is 0 Å². The molecule has 2 aromatic carbocycles. The number of amides is 2. The summed E-state index contributed by atoms with van der Waals surface area (Å²) in [5.74, 6) is 0.0720. The van der Waals surface area contributed by atoms with Crippen LogP contribution in [-0.4, -0.2) is 41.8 Å². The second kappa shape index (κ2) is 14.2. The Hall–Kier alpha value is -2.97. The number of carbonyl (C=O) groups is 2. The summed E-state index contributed by atoms with van der Waals surface area (Å²) in [5.41, 5.74) is 1.32. The van der Waals surface area contributed by atoms with Gasteiger partial charge in [-0.1, -0.05) is 38.3 Å². The predicted octanol–water partition coefficient (Wildman–Crippen LogP) is 3.88. The lowest BCUT2D eigenvalue weighted by Crippen LogP contribution is -2.35. The van der Waals surface area contributed by atoms with E-state index in [1.807, 2.05) is 0 Å². The zero-order chi connectivity index (χ0) is 23.2. The first-order valence-corrected chi connectivity index (χ1v) is 11.3. The third-order valence-electron chi connectivity index (χ3n) is 4.65. The van der Waals surface area contributed by atoms with Gasteiger partial charge >= 0.3 is 0 Å². The molecule has 0 aliphatic heterocycles. The van der Waals surface area contributed by atoms with Crippen molar-refractivity contribution in [1.82, 2.24) is 10.6 Å². The van der Waals surface area contributed by atoms with Crippen molar-refractivity contribution in [2.24, 2.45) is 0 Å². The molecule has 0 fully saturated rings. The summed E-state index contributed by atoms with van der Waals surface area (Å²) in [4.78, 5) is 24.8. The predicted molar refractivity (Wildman–Crippen MR) is 130 cm³/mol. The van der Waals surface area contributed by atoms with Gasteiger partial charge in [-0.05, 0) is 61.5 Å². The van der Waals surface area contributed by atoms with Crippen molar-refractivity contribution in [1.29, 1.82) is 0 Å². The van der Waals surface area contributed by atoms with E-state index in [0.29, 0.717) is 36.4 Å². The number of nitrogens with one attached hydrogen (secondary N) is 3. The number of ether oxygens (including phenoxy) is 1. The first kappa shape index (κ1) is 25.3. The van der Waals surface area contributed by atoms with Gasteiger partial charge in [0.1, 0.15) is 5.75 Å². The molecule has 0 atom stereocenters. The highest BCUT2D eigenvalue weighted by atomic mass is 32.1. The minimum absolute atomic E-state index is 0.00234. The van der Waals surface area contributed by atoms with Gasteiger partial charge < -0.3 is 20.5 Å². The highest BCUT2D eigenvalue weighted by Gasteiger charge is 2.13. The summed E-state index contributed by atoms with van der Waals surface area (Å²) >= 11 is 5.25. The summed E-state index contributed by atoms with van der Waals surface area (Å²) < 4.78 is 5.70. The maximum absolute atomic E-state index is 12.5. The molecule has 0 unspecified atom stereocenters. The molecular weight excluding hydrogens is 426 g/mol.